The van der Waals surface area contributed by atoms with Gasteiger partial charge in [-0.3, -0.25) is 9.69 Å². The van der Waals surface area contributed by atoms with E-state index in [1.165, 1.54) is 19.3 Å². The number of nitrogens with two attached hydrogens (primary N) is 2. The number of hydrogen-bond acceptors (Lipinski definition) is 3. The Hall–Kier alpha value is -0.650. The predicted octanol–water partition coefficient (Wildman–Crippen LogP) is 0.297. The molecule has 126 valence electrons. The Morgan fingerprint density at radius 3 is 2.55 bits per heavy atom. The summed E-state index contributed by atoms with van der Waals surface area (Å²) in [5.74, 6) is 0.619. The lowest BCUT2D eigenvalue weighted by Crippen LogP contribution is -3.03. The summed E-state index contributed by atoms with van der Waals surface area (Å²) in [5.41, 5.74) is 5.74. The first-order valence-corrected chi connectivity index (χ1v) is 8.91. The number of hydrogen-bond donors (Lipinski definition) is 2. The van der Waals surface area contributed by atoms with Crippen LogP contribution in [0.1, 0.15) is 46.5 Å². The molecule has 5 unspecified atom stereocenters. The number of carbonyl (C=O) groups is 1. The lowest BCUT2D eigenvalue weighted by atomic mass is 9.67. The smallest absolute Gasteiger partial charge is 0.228 e. The molecular weight excluding hydrogens is 278 g/mol. The van der Waals surface area contributed by atoms with E-state index in [2.05, 4.69) is 31.0 Å². The minimum absolute atomic E-state index is 0.0533. The van der Waals surface area contributed by atoms with Crippen LogP contribution in [0.25, 0.3) is 0 Å². The molecule has 3 aliphatic rings. The van der Waals surface area contributed by atoms with Gasteiger partial charge in [0.2, 0.25) is 5.91 Å². The van der Waals surface area contributed by atoms with Crippen LogP contribution in [0.2, 0.25) is 0 Å². The summed E-state index contributed by atoms with van der Waals surface area (Å²) in [4.78, 5) is 14.8. The normalized spacial score (nSPS) is 42.6. The highest BCUT2D eigenvalue weighted by Crippen LogP contribution is 2.41. The fourth-order valence-electron chi connectivity index (χ4n) is 4.93. The number of nitrogens with zero attached hydrogens (tertiary/aromatic N) is 1. The van der Waals surface area contributed by atoms with Crippen molar-refractivity contribution in [2.45, 2.75) is 64.3 Å². The van der Waals surface area contributed by atoms with E-state index in [9.17, 15) is 4.79 Å². The van der Waals surface area contributed by atoms with Crippen molar-refractivity contribution < 1.29 is 14.8 Å². The van der Waals surface area contributed by atoms with Crippen LogP contribution in [0.5, 0.6) is 0 Å². The number of likely N-dealkylation sites (tertiary alicyclic amines) is 1. The molecule has 0 radical (unpaired) electrons. The fourth-order valence-corrected chi connectivity index (χ4v) is 4.93. The Morgan fingerprint density at radius 2 is 1.91 bits per heavy atom. The third-order valence-electron chi connectivity index (χ3n) is 6.09. The minimum atomic E-state index is -0.141. The van der Waals surface area contributed by atoms with Gasteiger partial charge in [0.15, 0.2) is 6.17 Å². The first-order chi connectivity index (χ1) is 10.4. The van der Waals surface area contributed by atoms with Crippen molar-refractivity contribution in [1.29, 1.82) is 0 Å². The molecule has 5 nitrogen and oxygen atoms in total. The van der Waals surface area contributed by atoms with E-state index in [0.29, 0.717) is 17.9 Å². The fraction of sp³-hybridized carbons (Fsp3) is 0.941. The van der Waals surface area contributed by atoms with Crippen LogP contribution in [0.4, 0.5) is 0 Å². The van der Waals surface area contributed by atoms with Crippen molar-refractivity contribution in [3.8, 4) is 0 Å². The van der Waals surface area contributed by atoms with Crippen molar-refractivity contribution >= 4 is 5.91 Å². The molecule has 4 N–H and O–H groups in total. The molecule has 0 aromatic rings. The van der Waals surface area contributed by atoms with Gasteiger partial charge in [0, 0.05) is 19.0 Å². The summed E-state index contributed by atoms with van der Waals surface area (Å²) in [6.07, 6.45) is 4.96. The van der Waals surface area contributed by atoms with E-state index >= 15 is 0 Å². The van der Waals surface area contributed by atoms with E-state index < -0.39 is 0 Å². The average Bonchev–Trinajstić information content (AvgIpc) is 2.46. The third-order valence-corrected chi connectivity index (χ3v) is 6.09. The van der Waals surface area contributed by atoms with Gasteiger partial charge in [-0.2, -0.15) is 0 Å². The number of fused-ring (bicyclic) bond motifs is 1. The highest BCUT2D eigenvalue weighted by Gasteiger charge is 2.54. The van der Waals surface area contributed by atoms with Gasteiger partial charge in [0.05, 0.1) is 18.2 Å². The second-order valence-electron chi connectivity index (χ2n) is 8.17. The number of carbonyl (C=O) groups excluding carboxylic acids is 1. The van der Waals surface area contributed by atoms with Gasteiger partial charge in [-0.1, -0.05) is 6.42 Å². The molecule has 0 saturated carbocycles. The predicted molar refractivity (Wildman–Crippen MR) is 84.9 cm³/mol. The van der Waals surface area contributed by atoms with Gasteiger partial charge in [0.1, 0.15) is 5.92 Å². The maximum atomic E-state index is 12.3. The van der Waals surface area contributed by atoms with Crippen molar-refractivity contribution in [2.24, 2.45) is 23.5 Å². The Morgan fingerprint density at radius 1 is 1.23 bits per heavy atom. The molecular formula is C17H32N3O2+. The lowest BCUT2D eigenvalue weighted by Gasteiger charge is -2.51. The van der Waals surface area contributed by atoms with Gasteiger partial charge in [-0.25, -0.2) is 0 Å². The summed E-state index contributed by atoms with van der Waals surface area (Å²) in [5, 5.41) is 2.39. The molecule has 0 spiro atoms. The molecule has 0 bridgehead atoms. The molecule has 0 aromatic carbocycles. The Kier molecular flexibility index (Phi) is 4.49. The first kappa shape index (κ1) is 16.2. The van der Waals surface area contributed by atoms with Gasteiger partial charge < -0.3 is 15.8 Å². The summed E-state index contributed by atoms with van der Waals surface area (Å²) >= 11 is 0. The van der Waals surface area contributed by atoms with E-state index in [0.717, 1.165) is 26.1 Å². The van der Waals surface area contributed by atoms with Crippen LogP contribution in [-0.4, -0.2) is 48.3 Å². The zero-order chi connectivity index (χ0) is 15.9. The maximum absolute atomic E-state index is 12.3. The molecule has 5 heteroatoms. The second kappa shape index (κ2) is 6.10. The summed E-state index contributed by atoms with van der Waals surface area (Å²) < 4.78 is 6.03. The number of quaternary nitrogens is 1. The van der Waals surface area contributed by atoms with Gasteiger partial charge in [-0.15, -0.1) is 0 Å². The van der Waals surface area contributed by atoms with Crippen molar-refractivity contribution in [1.82, 2.24) is 4.90 Å². The summed E-state index contributed by atoms with van der Waals surface area (Å²) in [6.45, 7) is 9.53. The molecule has 3 aliphatic heterocycles. The van der Waals surface area contributed by atoms with E-state index in [-0.39, 0.29) is 23.6 Å². The van der Waals surface area contributed by atoms with Gasteiger partial charge in [0.25, 0.3) is 0 Å². The molecule has 0 aromatic heterocycles. The molecule has 3 heterocycles. The Labute approximate surface area is 133 Å². The highest BCUT2D eigenvalue weighted by molar-refractivity contribution is 5.77. The molecule has 1 amide bonds. The number of ether oxygens (including phenoxy) is 1. The van der Waals surface area contributed by atoms with E-state index in [4.69, 9.17) is 10.5 Å². The van der Waals surface area contributed by atoms with E-state index in [1.807, 2.05) is 0 Å². The zero-order valence-corrected chi connectivity index (χ0v) is 14.3. The maximum Gasteiger partial charge on any atom is 0.228 e. The van der Waals surface area contributed by atoms with Crippen LogP contribution in [0.3, 0.4) is 0 Å². The molecule has 3 saturated heterocycles. The molecule has 3 fully saturated rings. The first-order valence-electron chi connectivity index (χ1n) is 8.91. The number of rotatable bonds is 2. The van der Waals surface area contributed by atoms with Crippen LogP contribution in [-0.2, 0) is 9.53 Å². The van der Waals surface area contributed by atoms with Crippen molar-refractivity contribution in [3.05, 3.63) is 0 Å². The monoisotopic (exact) mass is 310 g/mol. The molecule has 5 atom stereocenters. The number of amides is 1. The topological polar surface area (TPSA) is 72.2 Å². The molecule has 3 rings (SSSR count). The van der Waals surface area contributed by atoms with Gasteiger partial charge >= 0.3 is 0 Å². The van der Waals surface area contributed by atoms with E-state index in [1.54, 1.807) is 0 Å². The zero-order valence-electron chi connectivity index (χ0n) is 14.3. The van der Waals surface area contributed by atoms with Crippen LogP contribution in [0, 0.1) is 17.8 Å². The standard InChI is InChI=1S/C17H31N3O2/c1-11-13-10-22-17(2,3)9-12(13)14(15(18)21)16(19-11)20-7-5-4-6-8-20/h11-14,16,19H,4-10H2,1-3H3,(H2,18,21)/p+1. The third kappa shape index (κ3) is 3.03. The highest BCUT2D eigenvalue weighted by atomic mass is 16.5. The summed E-state index contributed by atoms with van der Waals surface area (Å²) in [6, 6.07) is 0.489. The van der Waals surface area contributed by atoms with Gasteiger partial charge in [-0.05, 0) is 46.0 Å². The second-order valence-corrected chi connectivity index (χ2v) is 8.17. The largest absolute Gasteiger partial charge is 0.375 e. The number of piperidine rings is 2. The summed E-state index contributed by atoms with van der Waals surface area (Å²) in [7, 11) is 0. The Bertz CT molecular complexity index is 420. The number of primary amides is 1. The lowest BCUT2D eigenvalue weighted by molar-refractivity contribution is -0.761. The SMILES string of the molecule is CC1[NH2+]C(N2CCCCC2)C(C(N)=O)C2CC(C)(C)OCC12. The molecule has 22 heavy (non-hydrogen) atoms. The minimum Gasteiger partial charge on any atom is -0.375 e. The van der Waals surface area contributed by atoms with Crippen LogP contribution >= 0.6 is 0 Å². The Balaban J connectivity index is 1.86. The molecule has 0 aliphatic carbocycles. The van der Waals surface area contributed by atoms with Crippen LogP contribution in [0.15, 0.2) is 0 Å². The van der Waals surface area contributed by atoms with Crippen molar-refractivity contribution in [2.75, 3.05) is 19.7 Å². The quantitative estimate of drug-likeness (QED) is 0.770. The average molecular weight is 310 g/mol. The van der Waals surface area contributed by atoms with Crippen LogP contribution < -0.4 is 11.1 Å². The van der Waals surface area contributed by atoms with Crippen molar-refractivity contribution in [3.63, 3.8) is 0 Å².